The number of ether oxygens (including phenoxy) is 2. The van der Waals surface area contributed by atoms with Crippen LogP contribution in [0.25, 0.3) is 0 Å². The highest BCUT2D eigenvalue weighted by Crippen LogP contribution is 2.28. The lowest BCUT2D eigenvalue weighted by atomic mass is 10.1. The molecule has 1 aliphatic rings. The van der Waals surface area contributed by atoms with Crippen LogP contribution in [0.5, 0.6) is 5.75 Å². The van der Waals surface area contributed by atoms with Gasteiger partial charge in [-0.2, -0.15) is 0 Å². The third-order valence-electron chi connectivity index (χ3n) is 4.29. The zero-order valence-electron chi connectivity index (χ0n) is 15.5. The molecular formula is C21H19NO6. The van der Waals surface area contributed by atoms with E-state index in [1.807, 2.05) is 6.92 Å². The largest absolute Gasteiger partial charge is 0.494 e. The molecule has 0 radical (unpaired) electrons. The summed E-state index contributed by atoms with van der Waals surface area (Å²) in [4.78, 5) is 49.8. The van der Waals surface area contributed by atoms with Crippen molar-refractivity contribution in [1.29, 1.82) is 0 Å². The normalized spacial score (nSPS) is 13.9. The number of anilines is 1. The zero-order chi connectivity index (χ0) is 20.3. The highest BCUT2D eigenvalue weighted by atomic mass is 16.5. The second kappa shape index (κ2) is 8.04. The Balaban J connectivity index is 1.64. The number of Topliss-reactive ketones (excluding diaryl/α,β-unsaturated/α-hetero) is 2. The molecule has 1 heterocycles. The molecule has 0 saturated heterocycles. The molecule has 144 valence electrons. The van der Waals surface area contributed by atoms with Crippen LogP contribution in [0.2, 0.25) is 0 Å². The SMILES string of the molecule is CCOc1ccc(C(=O)[C@@H](C)OC(=O)CN2C(=O)C(=O)c3ccccc32)cc1. The van der Waals surface area contributed by atoms with E-state index < -0.39 is 30.3 Å². The molecule has 0 bridgehead atoms. The molecule has 2 aromatic rings. The van der Waals surface area contributed by atoms with E-state index in [1.54, 1.807) is 42.5 Å². The van der Waals surface area contributed by atoms with E-state index >= 15 is 0 Å². The van der Waals surface area contributed by atoms with Crippen molar-refractivity contribution >= 4 is 29.1 Å². The number of para-hydroxylation sites is 1. The molecule has 0 aromatic heterocycles. The number of benzene rings is 2. The Labute approximate surface area is 161 Å². The highest BCUT2D eigenvalue weighted by molar-refractivity contribution is 6.52. The van der Waals surface area contributed by atoms with Crippen molar-refractivity contribution in [2.75, 3.05) is 18.1 Å². The molecule has 1 atom stereocenters. The summed E-state index contributed by atoms with van der Waals surface area (Å²) in [6.45, 7) is 3.39. The van der Waals surface area contributed by atoms with Gasteiger partial charge in [0.1, 0.15) is 12.3 Å². The molecule has 28 heavy (non-hydrogen) atoms. The summed E-state index contributed by atoms with van der Waals surface area (Å²) in [5.41, 5.74) is 0.986. The van der Waals surface area contributed by atoms with Gasteiger partial charge < -0.3 is 9.47 Å². The van der Waals surface area contributed by atoms with Crippen LogP contribution in [0.15, 0.2) is 48.5 Å². The summed E-state index contributed by atoms with van der Waals surface area (Å²) in [5.74, 6) is -1.96. The van der Waals surface area contributed by atoms with Gasteiger partial charge in [0.25, 0.3) is 11.7 Å². The number of rotatable bonds is 7. The van der Waals surface area contributed by atoms with Gasteiger partial charge in [-0.1, -0.05) is 12.1 Å². The average molecular weight is 381 g/mol. The number of hydrogen-bond acceptors (Lipinski definition) is 6. The topological polar surface area (TPSA) is 90.0 Å². The van der Waals surface area contributed by atoms with Gasteiger partial charge in [0.05, 0.1) is 17.9 Å². The van der Waals surface area contributed by atoms with E-state index in [4.69, 9.17) is 9.47 Å². The highest BCUT2D eigenvalue weighted by Gasteiger charge is 2.37. The van der Waals surface area contributed by atoms with Crippen molar-refractivity contribution in [3.63, 3.8) is 0 Å². The Morgan fingerprint density at radius 2 is 1.71 bits per heavy atom. The fourth-order valence-electron chi connectivity index (χ4n) is 2.94. The summed E-state index contributed by atoms with van der Waals surface area (Å²) >= 11 is 0. The van der Waals surface area contributed by atoms with E-state index in [0.717, 1.165) is 4.90 Å². The van der Waals surface area contributed by atoms with Gasteiger partial charge >= 0.3 is 5.97 Å². The van der Waals surface area contributed by atoms with Crippen molar-refractivity contribution in [2.24, 2.45) is 0 Å². The lowest BCUT2D eigenvalue weighted by Gasteiger charge is -2.18. The van der Waals surface area contributed by atoms with Crippen LogP contribution in [-0.2, 0) is 14.3 Å². The predicted octanol–water partition coefficient (Wildman–Crippen LogP) is 2.43. The van der Waals surface area contributed by atoms with Crippen LogP contribution in [0.1, 0.15) is 34.6 Å². The lowest BCUT2D eigenvalue weighted by Crippen LogP contribution is -2.37. The predicted molar refractivity (Wildman–Crippen MR) is 101 cm³/mol. The second-order valence-electron chi connectivity index (χ2n) is 6.19. The lowest BCUT2D eigenvalue weighted by molar-refractivity contribution is -0.145. The van der Waals surface area contributed by atoms with Gasteiger partial charge in [-0.3, -0.25) is 24.1 Å². The third kappa shape index (κ3) is 3.78. The van der Waals surface area contributed by atoms with E-state index in [1.165, 1.54) is 13.0 Å². The molecule has 1 aliphatic heterocycles. The summed E-state index contributed by atoms with van der Waals surface area (Å²) in [5, 5.41) is 0. The summed E-state index contributed by atoms with van der Waals surface area (Å²) in [6.07, 6.45) is -1.03. The van der Waals surface area contributed by atoms with Gasteiger partial charge in [-0.15, -0.1) is 0 Å². The van der Waals surface area contributed by atoms with Crippen LogP contribution >= 0.6 is 0 Å². The molecule has 3 rings (SSSR count). The standard InChI is InChI=1S/C21H19NO6/c1-3-27-15-10-8-14(9-11-15)19(24)13(2)28-18(23)12-22-17-7-5-4-6-16(17)20(25)21(22)26/h4-11,13H,3,12H2,1-2H3/t13-/m1/s1. The van der Waals surface area contributed by atoms with Gasteiger partial charge in [-0.25, -0.2) is 0 Å². The first-order valence-corrected chi connectivity index (χ1v) is 8.84. The number of esters is 1. The maximum absolute atomic E-state index is 12.4. The molecule has 0 fully saturated rings. The Morgan fingerprint density at radius 3 is 2.39 bits per heavy atom. The molecular weight excluding hydrogens is 362 g/mol. The summed E-state index contributed by atoms with van der Waals surface area (Å²) in [7, 11) is 0. The number of fused-ring (bicyclic) bond motifs is 1. The minimum absolute atomic E-state index is 0.249. The number of carbonyl (C=O) groups is 4. The van der Waals surface area contributed by atoms with E-state index in [-0.39, 0.29) is 11.3 Å². The number of carbonyl (C=O) groups excluding carboxylic acids is 4. The Morgan fingerprint density at radius 1 is 1.04 bits per heavy atom. The third-order valence-corrected chi connectivity index (χ3v) is 4.29. The Hall–Kier alpha value is -3.48. The molecule has 7 heteroatoms. The van der Waals surface area contributed by atoms with Crippen LogP contribution in [0.3, 0.4) is 0 Å². The number of ketones is 2. The van der Waals surface area contributed by atoms with Crippen molar-refractivity contribution in [3.05, 3.63) is 59.7 Å². The average Bonchev–Trinajstić information content (AvgIpc) is 2.93. The maximum atomic E-state index is 12.4. The van der Waals surface area contributed by atoms with E-state index in [9.17, 15) is 19.2 Å². The second-order valence-corrected chi connectivity index (χ2v) is 6.19. The monoisotopic (exact) mass is 381 g/mol. The van der Waals surface area contributed by atoms with Gasteiger partial charge in [0, 0.05) is 5.56 Å². The molecule has 0 spiro atoms. The van der Waals surface area contributed by atoms with Crippen LogP contribution in [0, 0.1) is 0 Å². The van der Waals surface area contributed by atoms with Crippen LogP contribution < -0.4 is 9.64 Å². The summed E-state index contributed by atoms with van der Waals surface area (Å²) in [6, 6.07) is 12.9. The molecule has 2 aromatic carbocycles. The minimum atomic E-state index is -1.03. The molecule has 7 nitrogen and oxygen atoms in total. The Kier molecular flexibility index (Phi) is 5.54. The minimum Gasteiger partial charge on any atom is -0.494 e. The molecule has 0 N–H and O–H groups in total. The van der Waals surface area contributed by atoms with Gasteiger partial charge in [0.2, 0.25) is 5.78 Å². The van der Waals surface area contributed by atoms with Crippen molar-refractivity contribution in [1.82, 2.24) is 0 Å². The molecule has 0 unspecified atom stereocenters. The first-order valence-electron chi connectivity index (χ1n) is 8.84. The fourth-order valence-corrected chi connectivity index (χ4v) is 2.94. The van der Waals surface area contributed by atoms with Crippen LogP contribution in [-0.4, -0.2) is 42.7 Å². The smallest absolute Gasteiger partial charge is 0.326 e. The quantitative estimate of drug-likeness (QED) is 0.416. The van der Waals surface area contributed by atoms with Crippen molar-refractivity contribution < 1.29 is 28.7 Å². The molecule has 0 aliphatic carbocycles. The molecule has 0 saturated carbocycles. The number of amides is 1. The van der Waals surface area contributed by atoms with E-state index in [0.29, 0.717) is 23.6 Å². The first-order chi connectivity index (χ1) is 13.4. The summed E-state index contributed by atoms with van der Waals surface area (Å²) < 4.78 is 10.5. The number of hydrogen-bond donors (Lipinski definition) is 0. The van der Waals surface area contributed by atoms with Gasteiger partial charge in [-0.05, 0) is 50.2 Å². The maximum Gasteiger partial charge on any atom is 0.326 e. The van der Waals surface area contributed by atoms with Crippen molar-refractivity contribution in [2.45, 2.75) is 20.0 Å². The Bertz CT molecular complexity index is 934. The first kappa shape index (κ1) is 19.3. The van der Waals surface area contributed by atoms with Crippen LogP contribution in [0.4, 0.5) is 5.69 Å². The fraction of sp³-hybridized carbons (Fsp3) is 0.238. The van der Waals surface area contributed by atoms with Crippen molar-refractivity contribution in [3.8, 4) is 5.75 Å². The molecule has 1 amide bonds. The number of nitrogens with zero attached hydrogens (tertiary/aromatic N) is 1. The van der Waals surface area contributed by atoms with Gasteiger partial charge in [0.15, 0.2) is 6.10 Å². The van der Waals surface area contributed by atoms with E-state index in [2.05, 4.69) is 0 Å². The zero-order valence-corrected chi connectivity index (χ0v) is 15.5.